The molecule has 202 valence electrons. The number of nitrogens with one attached hydrogen (secondary N) is 1. The van der Waals surface area contributed by atoms with E-state index in [1.54, 1.807) is 19.2 Å². The molecule has 4 rings (SSSR count). The van der Waals surface area contributed by atoms with Crippen LogP contribution >= 0.6 is 0 Å². The van der Waals surface area contributed by atoms with Crippen LogP contribution in [0.4, 0.5) is 9.18 Å². The number of hydrogen-bond acceptors (Lipinski definition) is 6. The number of carbonyl (C=O) groups excluding carboxylic acids is 3. The molecule has 11 heteroatoms. The van der Waals surface area contributed by atoms with Crippen LogP contribution in [-0.2, 0) is 20.9 Å². The summed E-state index contributed by atoms with van der Waals surface area (Å²) in [5.74, 6) is -2.11. The topological polar surface area (TPSA) is 114 Å². The molecular formula is C27H32FN5O5. The molecule has 0 radical (unpaired) electrons. The summed E-state index contributed by atoms with van der Waals surface area (Å²) in [5, 5.41) is 15.1. The molecule has 0 aliphatic carbocycles. The minimum absolute atomic E-state index is 0.0493. The molecule has 3 amide bonds. The van der Waals surface area contributed by atoms with Crippen molar-refractivity contribution in [2.45, 2.75) is 44.6 Å². The number of benzene rings is 2. The maximum absolute atomic E-state index is 13.5. The van der Waals surface area contributed by atoms with E-state index in [2.05, 4.69) is 5.32 Å². The van der Waals surface area contributed by atoms with Crippen LogP contribution in [0.15, 0.2) is 54.6 Å². The highest BCUT2D eigenvalue weighted by Crippen LogP contribution is 2.30. The Labute approximate surface area is 220 Å². The van der Waals surface area contributed by atoms with Crippen LogP contribution in [0, 0.1) is 5.82 Å². The van der Waals surface area contributed by atoms with Crippen LogP contribution in [0.25, 0.3) is 0 Å². The smallest absolute Gasteiger partial charge is 0.334 e. The van der Waals surface area contributed by atoms with Crippen molar-refractivity contribution in [3.63, 3.8) is 0 Å². The van der Waals surface area contributed by atoms with Gasteiger partial charge in [-0.3, -0.25) is 19.3 Å². The van der Waals surface area contributed by atoms with Gasteiger partial charge in [-0.15, -0.1) is 0 Å². The Balaban J connectivity index is 1.66. The number of nitrogens with zero attached hydrogens (tertiary/aromatic N) is 4. The van der Waals surface area contributed by atoms with Crippen LogP contribution in [0.2, 0.25) is 0 Å². The van der Waals surface area contributed by atoms with Crippen molar-refractivity contribution in [1.82, 2.24) is 25.1 Å². The van der Waals surface area contributed by atoms with Crippen molar-refractivity contribution in [2.75, 3.05) is 26.7 Å². The van der Waals surface area contributed by atoms with E-state index in [0.717, 1.165) is 11.1 Å². The second kappa shape index (κ2) is 11.7. The molecule has 2 aromatic carbocycles. The Bertz CT molecular complexity index is 1180. The number of halogens is 1. The lowest BCUT2D eigenvalue weighted by Gasteiger charge is -2.49. The van der Waals surface area contributed by atoms with E-state index in [9.17, 15) is 28.7 Å². The molecular weight excluding hydrogens is 493 g/mol. The predicted octanol–water partition coefficient (Wildman–Crippen LogP) is 2.23. The number of amides is 3. The molecule has 0 spiro atoms. The average molecular weight is 526 g/mol. The number of aliphatic carboxylic acids is 1. The lowest BCUT2D eigenvalue weighted by Crippen LogP contribution is -2.70. The molecule has 0 saturated carbocycles. The summed E-state index contributed by atoms with van der Waals surface area (Å²) in [6, 6.07) is 13.6. The molecule has 1 unspecified atom stereocenters. The van der Waals surface area contributed by atoms with Crippen molar-refractivity contribution >= 4 is 23.7 Å². The van der Waals surface area contributed by atoms with E-state index in [4.69, 9.17) is 0 Å². The van der Waals surface area contributed by atoms with E-state index >= 15 is 0 Å². The third-order valence-electron chi connectivity index (χ3n) is 7.11. The van der Waals surface area contributed by atoms with Gasteiger partial charge in [0.1, 0.15) is 12.0 Å². The molecule has 0 aromatic heterocycles. The molecule has 2 aliphatic rings. The van der Waals surface area contributed by atoms with Gasteiger partial charge in [-0.05, 0) is 36.6 Å². The summed E-state index contributed by atoms with van der Waals surface area (Å²) < 4.78 is 13.5. The van der Waals surface area contributed by atoms with Crippen LogP contribution in [0.5, 0.6) is 0 Å². The molecule has 10 nitrogen and oxygen atoms in total. The van der Waals surface area contributed by atoms with Gasteiger partial charge in [0.2, 0.25) is 5.91 Å². The van der Waals surface area contributed by atoms with Gasteiger partial charge in [0.05, 0.1) is 19.1 Å². The van der Waals surface area contributed by atoms with Gasteiger partial charge in [0.25, 0.3) is 0 Å². The lowest BCUT2D eigenvalue weighted by molar-refractivity contribution is -0.170. The minimum Gasteiger partial charge on any atom is -0.481 e. The van der Waals surface area contributed by atoms with E-state index in [1.165, 1.54) is 27.1 Å². The Morgan fingerprint density at radius 2 is 1.76 bits per heavy atom. The fourth-order valence-electron chi connectivity index (χ4n) is 5.10. The van der Waals surface area contributed by atoms with Gasteiger partial charge < -0.3 is 15.3 Å². The highest BCUT2D eigenvalue weighted by molar-refractivity contribution is 5.93. The number of ketones is 1. The highest BCUT2D eigenvalue weighted by Gasteiger charge is 2.48. The standard InChI is InChI=1S/C27H32FN5O5/c1-18(20-8-10-21(28)11-9-20)31-15-23(34)22(12-13-26(36)37)32-24(16-31)33(30(2)17-25(32)35)27(38)29-14-19-6-4-3-5-7-19/h3-11,18,22,24H,12-17H2,1-2H3,(H,29,38)(H,36,37)/t18?,22-,24-/m0/s1. The van der Waals surface area contributed by atoms with Crippen LogP contribution in [0.1, 0.15) is 36.9 Å². The number of Topliss-reactive ketones (excluding diaryl/α,β-unsaturated/α-hetero) is 1. The van der Waals surface area contributed by atoms with Crippen LogP contribution in [-0.4, -0.2) is 87.5 Å². The Morgan fingerprint density at radius 3 is 2.42 bits per heavy atom. The summed E-state index contributed by atoms with van der Waals surface area (Å²) in [7, 11) is 1.63. The number of carboxylic acid groups (broad SMARTS) is 1. The minimum atomic E-state index is -1.07. The molecule has 2 aliphatic heterocycles. The molecule has 3 atom stereocenters. The number of carboxylic acids is 1. The SMILES string of the molecule is CC(c1ccc(F)cc1)N1CC(=O)[C@H](CCC(=O)O)N2C(=O)CN(C)N(C(=O)NCc3ccccc3)[C@H]2C1. The number of likely N-dealkylation sites (N-methyl/N-ethyl adjacent to an activating group) is 1. The third-order valence-corrected chi connectivity index (χ3v) is 7.11. The first-order valence-corrected chi connectivity index (χ1v) is 12.5. The predicted molar refractivity (Wildman–Crippen MR) is 136 cm³/mol. The molecule has 38 heavy (non-hydrogen) atoms. The lowest BCUT2D eigenvalue weighted by atomic mass is 10.0. The number of fused-ring (bicyclic) bond motifs is 1. The maximum atomic E-state index is 13.5. The fraction of sp³-hybridized carbons (Fsp3) is 0.407. The monoisotopic (exact) mass is 525 g/mol. The molecule has 2 aromatic rings. The normalized spacial score (nSPS) is 21.6. The number of rotatable bonds is 7. The van der Waals surface area contributed by atoms with Crippen LogP contribution in [0.3, 0.4) is 0 Å². The van der Waals surface area contributed by atoms with Gasteiger partial charge in [-0.2, -0.15) is 0 Å². The van der Waals surface area contributed by atoms with Gasteiger partial charge in [-0.25, -0.2) is 19.2 Å². The van der Waals surface area contributed by atoms with E-state index < -0.39 is 24.2 Å². The van der Waals surface area contributed by atoms with E-state index in [-0.39, 0.29) is 62.6 Å². The third kappa shape index (κ3) is 6.00. The van der Waals surface area contributed by atoms with Gasteiger partial charge >= 0.3 is 12.0 Å². The highest BCUT2D eigenvalue weighted by atomic mass is 19.1. The molecule has 2 saturated heterocycles. The molecule has 2 N–H and O–H groups in total. The Hall–Kier alpha value is -3.83. The van der Waals surface area contributed by atoms with Gasteiger partial charge in [0, 0.05) is 32.6 Å². The number of hydrogen-bond donors (Lipinski definition) is 2. The first kappa shape index (κ1) is 27.2. The quantitative estimate of drug-likeness (QED) is 0.570. The first-order valence-electron chi connectivity index (χ1n) is 12.5. The zero-order valence-corrected chi connectivity index (χ0v) is 21.4. The van der Waals surface area contributed by atoms with Crippen molar-refractivity contribution in [2.24, 2.45) is 0 Å². The molecule has 2 fully saturated rings. The summed E-state index contributed by atoms with van der Waals surface area (Å²) in [6.07, 6.45) is -1.21. The number of carbonyl (C=O) groups is 4. The first-order chi connectivity index (χ1) is 18.2. The molecule has 0 bridgehead atoms. The van der Waals surface area contributed by atoms with Crippen LogP contribution < -0.4 is 5.32 Å². The molecule has 2 heterocycles. The maximum Gasteiger partial charge on any atom is 0.334 e. The van der Waals surface area contributed by atoms with Crippen molar-refractivity contribution in [3.8, 4) is 0 Å². The number of hydrazine groups is 1. The van der Waals surface area contributed by atoms with Crippen molar-refractivity contribution in [3.05, 3.63) is 71.5 Å². The average Bonchev–Trinajstić information content (AvgIpc) is 3.03. The Morgan fingerprint density at radius 1 is 1.08 bits per heavy atom. The fourth-order valence-corrected chi connectivity index (χ4v) is 5.10. The summed E-state index contributed by atoms with van der Waals surface area (Å²) >= 11 is 0. The summed E-state index contributed by atoms with van der Waals surface area (Å²) in [4.78, 5) is 54.8. The zero-order chi connectivity index (χ0) is 27.4. The van der Waals surface area contributed by atoms with Gasteiger partial charge in [-0.1, -0.05) is 42.5 Å². The second-order valence-corrected chi connectivity index (χ2v) is 9.66. The van der Waals surface area contributed by atoms with E-state index in [1.807, 2.05) is 42.2 Å². The number of urea groups is 1. The second-order valence-electron chi connectivity index (χ2n) is 9.66. The van der Waals surface area contributed by atoms with Crippen molar-refractivity contribution < 1.29 is 28.7 Å². The van der Waals surface area contributed by atoms with Gasteiger partial charge in [0.15, 0.2) is 5.78 Å². The largest absolute Gasteiger partial charge is 0.481 e. The van der Waals surface area contributed by atoms with E-state index in [0.29, 0.717) is 0 Å². The summed E-state index contributed by atoms with van der Waals surface area (Å²) in [6.45, 7) is 2.09. The Kier molecular flexibility index (Phi) is 8.38. The summed E-state index contributed by atoms with van der Waals surface area (Å²) in [5.41, 5.74) is 1.67. The zero-order valence-electron chi connectivity index (χ0n) is 21.4. The van der Waals surface area contributed by atoms with Crippen molar-refractivity contribution in [1.29, 1.82) is 0 Å².